The molecule has 1 aromatic carbocycles. The average molecular weight is 429 g/mol. The highest BCUT2D eigenvalue weighted by Crippen LogP contribution is 2.28. The summed E-state index contributed by atoms with van der Waals surface area (Å²) in [5, 5.41) is 3.01. The Morgan fingerprint density at radius 2 is 1.84 bits per heavy atom. The van der Waals surface area contributed by atoms with Gasteiger partial charge in [-0.3, -0.25) is 0 Å². The van der Waals surface area contributed by atoms with Gasteiger partial charge in [0, 0.05) is 49.9 Å². The summed E-state index contributed by atoms with van der Waals surface area (Å²) < 4.78 is 34.4. The van der Waals surface area contributed by atoms with Crippen molar-refractivity contribution in [3.05, 3.63) is 53.4 Å². The van der Waals surface area contributed by atoms with Crippen molar-refractivity contribution in [2.75, 3.05) is 31.1 Å². The molecule has 1 aromatic heterocycles. The number of hydrogen-bond acceptors (Lipinski definition) is 5. The molecule has 0 spiro atoms. The first-order valence-corrected chi connectivity index (χ1v) is 11.3. The summed E-state index contributed by atoms with van der Waals surface area (Å²) in [6, 6.07) is 2.56. The lowest BCUT2D eigenvalue weighted by atomic mass is 9.92. The number of ether oxygens (including phenoxy) is 1. The normalized spacial score (nSPS) is 16.9. The molecule has 31 heavy (non-hydrogen) atoms. The number of piperidine rings is 1. The molecule has 2 aliphatic heterocycles. The quantitative estimate of drug-likeness (QED) is 0.616. The molecule has 0 saturated carbocycles. The number of aryl methyl sites for hydroxylation is 1. The van der Waals surface area contributed by atoms with Gasteiger partial charge in [0.05, 0.1) is 12.2 Å². The Balaban J connectivity index is 1.20. The third-order valence-electron chi connectivity index (χ3n) is 6.12. The highest BCUT2D eigenvalue weighted by Gasteiger charge is 2.21. The third kappa shape index (κ3) is 5.32. The molecular weight excluding hydrogens is 398 g/mol. The van der Waals surface area contributed by atoms with Crippen LogP contribution in [0.1, 0.15) is 50.2 Å². The number of nitrogens with one attached hydrogen (secondary N) is 1. The zero-order valence-corrected chi connectivity index (χ0v) is 18.0. The minimum atomic E-state index is -0.586. The summed E-state index contributed by atoms with van der Waals surface area (Å²) in [7, 11) is 0. The van der Waals surface area contributed by atoms with E-state index in [0.29, 0.717) is 24.8 Å². The molecule has 166 valence electrons. The van der Waals surface area contributed by atoms with Crippen molar-refractivity contribution >= 4 is 11.6 Å². The number of nitrogens with zero attached hydrogens (tertiary/aromatic N) is 3. The van der Waals surface area contributed by atoms with Crippen LogP contribution in [0.3, 0.4) is 0 Å². The Bertz CT molecular complexity index is 885. The predicted molar refractivity (Wildman–Crippen MR) is 118 cm³/mol. The van der Waals surface area contributed by atoms with Gasteiger partial charge in [-0.15, -0.1) is 0 Å². The molecule has 2 aromatic rings. The van der Waals surface area contributed by atoms with Crippen LogP contribution in [0, 0.1) is 17.6 Å². The summed E-state index contributed by atoms with van der Waals surface area (Å²) in [6.07, 6.45) is 11.5. The molecule has 1 fully saturated rings. The van der Waals surface area contributed by atoms with Crippen LogP contribution in [-0.2, 0) is 6.42 Å². The number of halogens is 2. The molecule has 1 saturated heterocycles. The van der Waals surface area contributed by atoms with Gasteiger partial charge >= 0.3 is 0 Å². The summed E-state index contributed by atoms with van der Waals surface area (Å²) in [5.74, 6) is 0.523. The second kappa shape index (κ2) is 10.1. The molecule has 0 unspecified atom stereocenters. The first kappa shape index (κ1) is 21.5. The second-order valence-electron chi connectivity index (χ2n) is 8.26. The number of aromatic nitrogens is 2. The maximum Gasteiger partial charge on any atom is 0.225 e. The van der Waals surface area contributed by atoms with Gasteiger partial charge in [-0.1, -0.05) is 13.0 Å². The topological polar surface area (TPSA) is 50.3 Å². The van der Waals surface area contributed by atoms with Crippen LogP contribution in [0.5, 0.6) is 5.75 Å². The zero-order chi connectivity index (χ0) is 21.6. The molecule has 4 rings (SSSR count). The minimum absolute atomic E-state index is 0.00456. The number of rotatable bonds is 8. The first-order valence-electron chi connectivity index (χ1n) is 11.3. The molecule has 0 aliphatic carbocycles. The molecule has 0 atom stereocenters. The number of anilines is 1. The van der Waals surface area contributed by atoms with E-state index in [1.807, 2.05) is 18.5 Å². The van der Waals surface area contributed by atoms with Crippen LogP contribution in [0.2, 0.25) is 0 Å². The van der Waals surface area contributed by atoms with Crippen molar-refractivity contribution in [1.82, 2.24) is 15.3 Å². The fourth-order valence-corrected chi connectivity index (χ4v) is 4.25. The summed E-state index contributed by atoms with van der Waals surface area (Å²) in [5.41, 5.74) is 1.69. The van der Waals surface area contributed by atoms with Crippen molar-refractivity contribution in [2.24, 2.45) is 5.92 Å². The van der Waals surface area contributed by atoms with Gasteiger partial charge in [0.1, 0.15) is 17.4 Å². The summed E-state index contributed by atoms with van der Waals surface area (Å²) in [6.45, 7) is 5.18. The Morgan fingerprint density at radius 1 is 1.13 bits per heavy atom. The minimum Gasteiger partial charge on any atom is -0.493 e. The molecule has 7 heteroatoms. The highest BCUT2D eigenvalue weighted by atomic mass is 19.1. The highest BCUT2D eigenvalue weighted by molar-refractivity contribution is 5.67. The molecule has 0 bridgehead atoms. The van der Waals surface area contributed by atoms with Gasteiger partial charge < -0.3 is 15.0 Å². The SMILES string of the molecule is CCc1cnc(N2CCC(CCCOc3cc(F)c(C4=CCCN4)c(F)c3)CC2)nc1. The van der Waals surface area contributed by atoms with E-state index in [4.69, 9.17) is 4.74 Å². The molecular formula is C24H30F2N4O. The molecule has 2 aliphatic rings. The van der Waals surface area contributed by atoms with Gasteiger partial charge in [0.25, 0.3) is 0 Å². The van der Waals surface area contributed by atoms with Crippen molar-refractivity contribution in [2.45, 2.75) is 45.4 Å². The lowest BCUT2D eigenvalue weighted by Crippen LogP contribution is -2.35. The van der Waals surface area contributed by atoms with E-state index in [1.54, 1.807) is 0 Å². The number of hydrogen-bond donors (Lipinski definition) is 1. The monoisotopic (exact) mass is 428 g/mol. The lowest BCUT2D eigenvalue weighted by molar-refractivity contribution is 0.277. The molecule has 1 N–H and O–H groups in total. The van der Waals surface area contributed by atoms with Crippen LogP contribution >= 0.6 is 0 Å². The Kier molecular flexibility index (Phi) is 6.99. The summed E-state index contributed by atoms with van der Waals surface area (Å²) >= 11 is 0. The van der Waals surface area contributed by atoms with Crippen LogP contribution < -0.4 is 15.0 Å². The van der Waals surface area contributed by atoms with Gasteiger partial charge in [-0.25, -0.2) is 18.7 Å². The average Bonchev–Trinajstić information content (AvgIpc) is 3.31. The van der Waals surface area contributed by atoms with Crippen LogP contribution in [-0.4, -0.2) is 36.2 Å². The molecule has 0 amide bonds. The van der Waals surface area contributed by atoms with Crippen molar-refractivity contribution in [1.29, 1.82) is 0 Å². The molecule has 3 heterocycles. The molecule has 5 nitrogen and oxygen atoms in total. The van der Waals surface area contributed by atoms with Crippen molar-refractivity contribution < 1.29 is 13.5 Å². The van der Waals surface area contributed by atoms with E-state index < -0.39 is 11.6 Å². The largest absolute Gasteiger partial charge is 0.493 e. The van der Waals surface area contributed by atoms with E-state index in [0.717, 1.165) is 63.1 Å². The van der Waals surface area contributed by atoms with Gasteiger partial charge in [0.15, 0.2) is 0 Å². The van der Waals surface area contributed by atoms with Crippen LogP contribution in [0.4, 0.5) is 14.7 Å². The Labute approximate surface area is 182 Å². The van der Waals surface area contributed by atoms with Crippen LogP contribution in [0.25, 0.3) is 5.70 Å². The van der Waals surface area contributed by atoms with E-state index in [2.05, 4.69) is 27.1 Å². The van der Waals surface area contributed by atoms with E-state index in [-0.39, 0.29) is 11.3 Å². The van der Waals surface area contributed by atoms with Gasteiger partial charge in [-0.2, -0.15) is 0 Å². The fourth-order valence-electron chi connectivity index (χ4n) is 4.25. The summed E-state index contributed by atoms with van der Waals surface area (Å²) in [4.78, 5) is 11.2. The van der Waals surface area contributed by atoms with Gasteiger partial charge in [-0.05, 0) is 50.0 Å². The van der Waals surface area contributed by atoms with Crippen molar-refractivity contribution in [3.63, 3.8) is 0 Å². The zero-order valence-electron chi connectivity index (χ0n) is 18.0. The second-order valence-corrected chi connectivity index (χ2v) is 8.26. The third-order valence-corrected chi connectivity index (χ3v) is 6.12. The van der Waals surface area contributed by atoms with Gasteiger partial charge in [0.2, 0.25) is 5.95 Å². The van der Waals surface area contributed by atoms with E-state index >= 15 is 0 Å². The maximum absolute atomic E-state index is 14.4. The van der Waals surface area contributed by atoms with E-state index in [1.165, 1.54) is 12.1 Å². The predicted octanol–water partition coefficient (Wildman–Crippen LogP) is 4.73. The van der Waals surface area contributed by atoms with Crippen molar-refractivity contribution in [3.8, 4) is 5.75 Å². The smallest absolute Gasteiger partial charge is 0.225 e. The number of benzene rings is 1. The Morgan fingerprint density at radius 3 is 2.45 bits per heavy atom. The molecule has 0 radical (unpaired) electrons. The lowest BCUT2D eigenvalue weighted by Gasteiger charge is -2.32. The Hall–Kier alpha value is -2.70. The standard InChI is InChI=1S/C24H30F2N4O/c1-2-17-15-28-24(29-16-17)30-10-7-18(8-11-30)5-4-12-31-19-13-20(25)23(21(26)14-19)22-6-3-9-27-22/h6,13-16,18,27H,2-5,7-12H2,1H3. The van der Waals surface area contributed by atoms with Crippen LogP contribution in [0.15, 0.2) is 30.6 Å². The van der Waals surface area contributed by atoms with E-state index in [9.17, 15) is 8.78 Å². The fraction of sp³-hybridized carbons (Fsp3) is 0.500. The maximum atomic E-state index is 14.4. The first-order chi connectivity index (χ1) is 15.1.